The van der Waals surface area contributed by atoms with Crippen LogP contribution in [0.4, 0.5) is 0 Å². The molecule has 0 saturated heterocycles. The van der Waals surface area contributed by atoms with Gasteiger partial charge in [-0.25, -0.2) is 4.68 Å². The van der Waals surface area contributed by atoms with Crippen LogP contribution >= 0.6 is 0 Å². The molecule has 0 amide bonds. The molecule has 0 aliphatic rings. The third-order valence-electron chi connectivity index (χ3n) is 2.14. The van der Waals surface area contributed by atoms with Gasteiger partial charge in [0, 0.05) is 30.3 Å². The predicted molar refractivity (Wildman–Crippen MR) is 55.9 cm³/mol. The lowest BCUT2D eigenvalue weighted by atomic mass is 9.83. The zero-order valence-electron chi connectivity index (χ0n) is 8.20. The van der Waals surface area contributed by atoms with Crippen molar-refractivity contribution in [2.75, 3.05) is 0 Å². The van der Waals surface area contributed by atoms with Gasteiger partial charge in [-0.2, -0.15) is 5.10 Å². The lowest BCUT2D eigenvalue weighted by Gasteiger charge is -2.03. The second-order valence-corrected chi connectivity index (χ2v) is 3.25. The van der Waals surface area contributed by atoms with E-state index in [-0.39, 0.29) is 0 Å². The molecular formula is C9H10BN3O2. The first-order chi connectivity index (χ1) is 7.18. The first-order valence-corrected chi connectivity index (χ1v) is 4.50. The van der Waals surface area contributed by atoms with Gasteiger partial charge in [0.25, 0.3) is 0 Å². The van der Waals surface area contributed by atoms with E-state index < -0.39 is 7.12 Å². The molecule has 2 rings (SSSR count). The van der Waals surface area contributed by atoms with E-state index in [2.05, 4.69) is 10.1 Å². The molecule has 2 aromatic rings. The van der Waals surface area contributed by atoms with E-state index in [0.717, 1.165) is 11.3 Å². The molecule has 0 unspecified atom stereocenters. The highest BCUT2D eigenvalue weighted by Gasteiger charge is 2.13. The van der Waals surface area contributed by atoms with Gasteiger partial charge >= 0.3 is 7.12 Å². The van der Waals surface area contributed by atoms with Gasteiger partial charge in [-0.05, 0) is 18.6 Å². The van der Waals surface area contributed by atoms with Crippen molar-refractivity contribution in [1.29, 1.82) is 0 Å². The number of pyridine rings is 1. The zero-order chi connectivity index (χ0) is 10.8. The van der Waals surface area contributed by atoms with Crippen molar-refractivity contribution in [1.82, 2.24) is 14.8 Å². The Morgan fingerprint density at radius 3 is 2.73 bits per heavy atom. The van der Waals surface area contributed by atoms with Crippen LogP contribution in [0.1, 0.15) is 5.56 Å². The van der Waals surface area contributed by atoms with E-state index in [4.69, 9.17) is 10.0 Å². The number of rotatable bonds is 2. The topological polar surface area (TPSA) is 71.2 Å². The Morgan fingerprint density at radius 2 is 2.13 bits per heavy atom. The summed E-state index contributed by atoms with van der Waals surface area (Å²) in [5, 5.41) is 21.9. The Morgan fingerprint density at radius 1 is 1.33 bits per heavy atom. The molecule has 0 atom stereocenters. The summed E-state index contributed by atoms with van der Waals surface area (Å²) < 4.78 is 1.59. The normalized spacial score (nSPS) is 10.3. The molecule has 5 nitrogen and oxygen atoms in total. The maximum absolute atomic E-state index is 8.94. The smallest absolute Gasteiger partial charge is 0.423 e. The van der Waals surface area contributed by atoms with Crippen LogP contribution in [0.3, 0.4) is 0 Å². The summed E-state index contributed by atoms with van der Waals surface area (Å²) in [6, 6.07) is 1.82. The molecule has 0 aliphatic heterocycles. The van der Waals surface area contributed by atoms with Crippen LogP contribution in [0.2, 0.25) is 0 Å². The van der Waals surface area contributed by atoms with Gasteiger partial charge in [0.2, 0.25) is 0 Å². The fraction of sp³-hybridized carbons (Fsp3) is 0.111. The van der Waals surface area contributed by atoms with Gasteiger partial charge in [-0.15, -0.1) is 0 Å². The van der Waals surface area contributed by atoms with Crippen LogP contribution in [0.5, 0.6) is 0 Å². The maximum atomic E-state index is 8.94. The first kappa shape index (κ1) is 9.88. The molecule has 0 radical (unpaired) electrons. The van der Waals surface area contributed by atoms with E-state index in [1.807, 2.05) is 13.0 Å². The van der Waals surface area contributed by atoms with Crippen LogP contribution in [0.15, 0.2) is 30.9 Å². The molecule has 0 aromatic carbocycles. The van der Waals surface area contributed by atoms with Crippen LogP contribution in [0, 0.1) is 6.92 Å². The third-order valence-corrected chi connectivity index (χ3v) is 2.14. The van der Waals surface area contributed by atoms with Crippen molar-refractivity contribution < 1.29 is 10.0 Å². The molecule has 0 aliphatic carbocycles. The number of nitrogens with zero attached hydrogens (tertiary/aromatic N) is 3. The number of hydrogen-bond acceptors (Lipinski definition) is 4. The van der Waals surface area contributed by atoms with E-state index in [1.165, 1.54) is 6.20 Å². The summed E-state index contributed by atoms with van der Waals surface area (Å²) in [7, 11) is -1.49. The van der Waals surface area contributed by atoms with Gasteiger partial charge in [0.15, 0.2) is 0 Å². The molecule has 6 heteroatoms. The molecule has 0 saturated carbocycles. The Kier molecular flexibility index (Phi) is 2.53. The fourth-order valence-electron chi connectivity index (χ4n) is 1.32. The Hall–Kier alpha value is -1.66. The minimum Gasteiger partial charge on any atom is -0.423 e. The second kappa shape index (κ2) is 3.84. The van der Waals surface area contributed by atoms with Gasteiger partial charge < -0.3 is 10.0 Å². The largest absolute Gasteiger partial charge is 0.491 e. The molecule has 2 aromatic heterocycles. The minimum atomic E-state index is -1.49. The molecule has 0 spiro atoms. The minimum absolute atomic E-state index is 0.367. The molecule has 15 heavy (non-hydrogen) atoms. The molecule has 0 bridgehead atoms. The van der Waals surface area contributed by atoms with Crippen LogP contribution in [0.25, 0.3) is 5.69 Å². The van der Waals surface area contributed by atoms with E-state index in [9.17, 15) is 0 Å². The average molecular weight is 203 g/mol. The molecule has 0 fully saturated rings. The van der Waals surface area contributed by atoms with Crippen molar-refractivity contribution >= 4 is 12.6 Å². The van der Waals surface area contributed by atoms with Crippen LogP contribution in [-0.2, 0) is 0 Å². The maximum Gasteiger partial charge on any atom is 0.491 e. The average Bonchev–Trinajstić information content (AvgIpc) is 2.67. The SMILES string of the molecule is Cc1cnccc1-n1cc(B(O)O)cn1. The standard InChI is InChI=1S/C9H10BN3O2/c1-7-4-11-3-2-9(7)13-6-8(5-12-13)10(14)15/h2-6,14-15H,1H3. The monoisotopic (exact) mass is 203 g/mol. The van der Waals surface area contributed by atoms with Crippen molar-refractivity contribution in [3.05, 3.63) is 36.4 Å². The van der Waals surface area contributed by atoms with Crippen molar-refractivity contribution in [2.24, 2.45) is 0 Å². The first-order valence-electron chi connectivity index (χ1n) is 4.50. The number of aromatic nitrogens is 3. The lowest BCUT2D eigenvalue weighted by molar-refractivity contribution is 0.426. The fourth-order valence-corrected chi connectivity index (χ4v) is 1.32. The highest BCUT2D eigenvalue weighted by molar-refractivity contribution is 6.58. The van der Waals surface area contributed by atoms with Crippen molar-refractivity contribution in [3.8, 4) is 5.69 Å². The van der Waals surface area contributed by atoms with Gasteiger partial charge in [0.1, 0.15) is 0 Å². The Bertz CT molecular complexity index is 470. The highest BCUT2D eigenvalue weighted by atomic mass is 16.4. The van der Waals surface area contributed by atoms with Crippen LogP contribution < -0.4 is 5.46 Å². The van der Waals surface area contributed by atoms with Crippen LogP contribution in [-0.4, -0.2) is 31.9 Å². The number of aryl methyl sites for hydroxylation is 1. The summed E-state index contributed by atoms with van der Waals surface area (Å²) >= 11 is 0. The van der Waals surface area contributed by atoms with Crippen molar-refractivity contribution in [2.45, 2.75) is 6.92 Å². The summed E-state index contributed by atoms with van der Waals surface area (Å²) in [5.41, 5.74) is 2.21. The molecule has 2 N–H and O–H groups in total. The lowest BCUT2D eigenvalue weighted by Crippen LogP contribution is -2.28. The molecule has 76 valence electrons. The summed E-state index contributed by atoms with van der Waals surface area (Å²) in [6.07, 6.45) is 6.39. The van der Waals surface area contributed by atoms with Gasteiger partial charge in [-0.3, -0.25) is 4.98 Å². The summed E-state index contributed by atoms with van der Waals surface area (Å²) in [6.45, 7) is 1.92. The molecular weight excluding hydrogens is 193 g/mol. The van der Waals surface area contributed by atoms with Crippen molar-refractivity contribution in [3.63, 3.8) is 0 Å². The van der Waals surface area contributed by atoms with Gasteiger partial charge in [0.05, 0.1) is 5.69 Å². The Labute approximate surface area is 87.2 Å². The predicted octanol–water partition coefficient (Wildman–Crippen LogP) is -0.744. The van der Waals surface area contributed by atoms with E-state index >= 15 is 0 Å². The van der Waals surface area contributed by atoms with E-state index in [0.29, 0.717) is 5.46 Å². The Balaban J connectivity index is 2.42. The molecule has 2 heterocycles. The quantitative estimate of drug-likeness (QED) is 0.630. The second-order valence-electron chi connectivity index (χ2n) is 3.25. The zero-order valence-corrected chi connectivity index (χ0v) is 8.20. The number of hydrogen-bond donors (Lipinski definition) is 2. The highest BCUT2D eigenvalue weighted by Crippen LogP contribution is 2.09. The van der Waals surface area contributed by atoms with E-state index in [1.54, 1.807) is 23.3 Å². The van der Waals surface area contributed by atoms with Gasteiger partial charge in [-0.1, -0.05) is 0 Å². The summed E-state index contributed by atoms with van der Waals surface area (Å²) in [5.74, 6) is 0. The third kappa shape index (κ3) is 1.90. The summed E-state index contributed by atoms with van der Waals surface area (Å²) in [4.78, 5) is 3.97.